The van der Waals surface area contributed by atoms with E-state index in [1.54, 1.807) is 6.07 Å². The highest BCUT2D eigenvalue weighted by Crippen LogP contribution is 2.33. The second-order valence-electron chi connectivity index (χ2n) is 5.03. The Morgan fingerprint density at radius 1 is 1.00 bits per heavy atom. The number of rotatable bonds is 4. The molecule has 2 nitrogen and oxygen atoms in total. The number of fused-ring (bicyclic) bond motifs is 1. The molecule has 0 aliphatic heterocycles. The lowest BCUT2D eigenvalue weighted by atomic mass is 10.1. The van der Waals surface area contributed by atoms with Gasteiger partial charge in [0.15, 0.2) is 0 Å². The third-order valence-electron chi connectivity index (χ3n) is 3.40. The Balaban J connectivity index is 1.76. The normalized spacial score (nSPS) is 10.8. The number of halogens is 3. The van der Waals surface area contributed by atoms with E-state index >= 15 is 0 Å². The Hall–Kier alpha value is -2.11. The molecule has 3 aromatic rings. The van der Waals surface area contributed by atoms with Gasteiger partial charge in [-0.05, 0) is 29.7 Å². The van der Waals surface area contributed by atoms with Crippen LogP contribution in [-0.4, -0.2) is 11.7 Å². The van der Waals surface area contributed by atoms with Crippen LogP contribution in [0.25, 0.3) is 10.8 Å². The minimum Gasteiger partial charge on any atom is -0.320 e. The predicted octanol–water partition coefficient (Wildman–Crippen LogP) is 5.50. The van der Waals surface area contributed by atoms with Gasteiger partial charge >= 0.3 is 0 Å². The van der Waals surface area contributed by atoms with Crippen LogP contribution in [0, 0.1) is 11.6 Å². The quantitative estimate of drug-likeness (QED) is 0.620. The van der Waals surface area contributed by atoms with Crippen molar-refractivity contribution in [2.75, 3.05) is 11.1 Å². The zero-order valence-electron chi connectivity index (χ0n) is 12.4. The highest BCUT2D eigenvalue weighted by Gasteiger charge is 2.13. The van der Waals surface area contributed by atoms with Crippen LogP contribution < -0.4 is 5.32 Å². The van der Waals surface area contributed by atoms with Crippen molar-refractivity contribution in [3.8, 4) is 0 Å². The van der Waals surface area contributed by atoms with E-state index in [4.69, 9.17) is 11.6 Å². The molecule has 122 valence electrons. The van der Waals surface area contributed by atoms with Gasteiger partial charge in [0.05, 0.1) is 5.75 Å². The van der Waals surface area contributed by atoms with Crippen LogP contribution in [0.5, 0.6) is 0 Å². The van der Waals surface area contributed by atoms with Crippen molar-refractivity contribution in [2.24, 2.45) is 0 Å². The first kappa shape index (κ1) is 16.7. The minimum absolute atomic E-state index is 0.0120. The first-order valence-electron chi connectivity index (χ1n) is 7.10. The van der Waals surface area contributed by atoms with Gasteiger partial charge in [0.25, 0.3) is 0 Å². The third-order valence-corrected chi connectivity index (χ3v) is 4.77. The van der Waals surface area contributed by atoms with Crippen LogP contribution >= 0.6 is 23.4 Å². The van der Waals surface area contributed by atoms with Crippen LogP contribution in [0.4, 0.5) is 14.5 Å². The molecular formula is C18H12ClF2NOS. The highest BCUT2D eigenvalue weighted by atomic mass is 35.5. The van der Waals surface area contributed by atoms with Gasteiger partial charge in [0.1, 0.15) is 17.3 Å². The van der Waals surface area contributed by atoms with Crippen LogP contribution in [0.1, 0.15) is 0 Å². The summed E-state index contributed by atoms with van der Waals surface area (Å²) in [4.78, 5) is 12.8. The monoisotopic (exact) mass is 363 g/mol. The summed E-state index contributed by atoms with van der Waals surface area (Å²) in [6.07, 6.45) is 0. The summed E-state index contributed by atoms with van der Waals surface area (Å²) in [5, 5.41) is 4.69. The first-order chi connectivity index (χ1) is 11.6. The lowest BCUT2D eigenvalue weighted by Crippen LogP contribution is -2.16. The van der Waals surface area contributed by atoms with Crippen molar-refractivity contribution >= 4 is 45.7 Å². The number of thioether (sulfide) groups is 1. The van der Waals surface area contributed by atoms with Crippen molar-refractivity contribution in [3.05, 3.63) is 71.3 Å². The van der Waals surface area contributed by atoms with E-state index in [2.05, 4.69) is 5.32 Å². The molecule has 3 aromatic carbocycles. The number of anilines is 1. The molecule has 0 unspecified atom stereocenters. The zero-order valence-corrected chi connectivity index (χ0v) is 13.9. The van der Waals surface area contributed by atoms with Crippen molar-refractivity contribution in [2.45, 2.75) is 4.90 Å². The number of hydrogen-bond donors (Lipinski definition) is 1. The van der Waals surface area contributed by atoms with E-state index in [1.165, 1.54) is 17.8 Å². The van der Waals surface area contributed by atoms with Gasteiger partial charge in [0, 0.05) is 15.3 Å². The number of para-hydroxylation sites is 1. The van der Waals surface area contributed by atoms with Gasteiger partial charge < -0.3 is 5.32 Å². The lowest BCUT2D eigenvalue weighted by Gasteiger charge is -2.09. The van der Waals surface area contributed by atoms with Crippen molar-refractivity contribution < 1.29 is 13.6 Å². The molecule has 0 aliphatic carbocycles. The molecule has 0 aromatic heterocycles. The number of hydrogen-bond acceptors (Lipinski definition) is 2. The maximum atomic E-state index is 13.6. The molecule has 0 atom stereocenters. The summed E-state index contributed by atoms with van der Waals surface area (Å²) in [6, 6.07) is 14.7. The van der Waals surface area contributed by atoms with E-state index in [9.17, 15) is 13.6 Å². The summed E-state index contributed by atoms with van der Waals surface area (Å²) in [5.41, 5.74) is -0.431. The maximum absolute atomic E-state index is 13.6. The van der Waals surface area contributed by atoms with Crippen LogP contribution in [-0.2, 0) is 4.79 Å². The molecule has 0 saturated heterocycles. The molecule has 6 heteroatoms. The largest absolute Gasteiger partial charge is 0.320 e. The van der Waals surface area contributed by atoms with Gasteiger partial charge in [-0.1, -0.05) is 41.9 Å². The Kier molecular flexibility index (Phi) is 5.02. The molecule has 1 amide bonds. The van der Waals surface area contributed by atoms with Crippen molar-refractivity contribution in [1.82, 2.24) is 0 Å². The second kappa shape index (κ2) is 7.20. The second-order valence-corrected chi connectivity index (χ2v) is 6.45. The maximum Gasteiger partial charge on any atom is 0.234 e. The van der Waals surface area contributed by atoms with Gasteiger partial charge in [-0.3, -0.25) is 4.79 Å². The van der Waals surface area contributed by atoms with Crippen LogP contribution in [0.15, 0.2) is 59.5 Å². The van der Waals surface area contributed by atoms with E-state index < -0.39 is 23.2 Å². The molecule has 0 radical (unpaired) electrons. The summed E-state index contributed by atoms with van der Waals surface area (Å²) in [7, 11) is 0. The van der Waals surface area contributed by atoms with E-state index in [1.807, 2.05) is 30.3 Å². The van der Waals surface area contributed by atoms with Crippen molar-refractivity contribution in [3.63, 3.8) is 0 Å². The van der Waals surface area contributed by atoms with Gasteiger partial charge in [0.2, 0.25) is 5.91 Å². The topological polar surface area (TPSA) is 29.1 Å². The fraction of sp³-hybridized carbons (Fsp3) is 0.0556. The SMILES string of the molecule is O=C(CSc1cccc2cccc(Cl)c12)Nc1c(F)cccc1F. The molecule has 0 spiro atoms. The summed E-state index contributed by atoms with van der Waals surface area (Å²) < 4.78 is 27.1. The lowest BCUT2D eigenvalue weighted by molar-refractivity contribution is -0.113. The fourth-order valence-corrected chi connectivity index (χ4v) is 3.56. The Bertz CT molecular complexity index is 891. The number of nitrogens with one attached hydrogen (secondary N) is 1. The molecule has 0 bridgehead atoms. The summed E-state index contributed by atoms with van der Waals surface area (Å²) in [6.45, 7) is 0. The average molecular weight is 364 g/mol. The molecular weight excluding hydrogens is 352 g/mol. The van der Waals surface area contributed by atoms with Crippen molar-refractivity contribution in [1.29, 1.82) is 0 Å². The molecule has 3 rings (SSSR count). The molecule has 0 saturated carbocycles. The minimum atomic E-state index is -0.804. The summed E-state index contributed by atoms with van der Waals surface area (Å²) >= 11 is 7.50. The van der Waals surface area contributed by atoms with Gasteiger partial charge in [-0.15, -0.1) is 11.8 Å². The number of amides is 1. The summed E-state index contributed by atoms with van der Waals surface area (Å²) in [5.74, 6) is -2.09. The number of carbonyl (C=O) groups excluding carboxylic acids is 1. The van der Waals surface area contributed by atoms with Crippen LogP contribution in [0.3, 0.4) is 0 Å². The van der Waals surface area contributed by atoms with E-state index in [0.717, 1.165) is 27.8 Å². The standard InChI is InChI=1S/C18H12ClF2NOS/c19-12-6-1-4-11-5-2-9-15(17(11)12)24-10-16(23)22-18-13(20)7-3-8-14(18)21/h1-9H,10H2,(H,22,23). The molecule has 0 aliphatic rings. The smallest absolute Gasteiger partial charge is 0.234 e. The van der Waals surface area contributed by atoms with E-state index in [-0.39, 0.29) is 5.75 Å². The Morgan fingerprint density at radius 3 is 2.33 bits per heavy atom. The van der Waals surface area contributed by atoms with Gasteiger partial charge in [-0.25, -0.2) is 8.78 Å². The molecule has 1 N–H and O–H groups in total. The van der Waals surface area contributed by atoms with E-state index in [0.29, 0.717) is 5.02 Å². The molecule has 0 fully saturated rings. The first-order valence-corrected chi connectivity index (χ1v) is 8.46. The average Bonchev–Trinajstić information content (AvgIpc) is 2.56. The fourth-order valence-electron chi connectivity index (χ4n) is 2.32. The third kappa shape index (κ3) is 3.52. The number of benzene rings is 3. The Labute approximate surface area is 146 Å². The zero-order chi connectivity index (χ0) is 17.1. The predicted molar refractivity (Wildman–Crippen MR) is 94.7 cm³/mol. The van der Waals surface area contributed by atoms with Gasteiger partial charge in [-0.2, -0.15) is 0 Å². The highest BCUT2D eigenvalue weighted by molar-refractivity contribution is 8.00. The number of carbonyl (C=O) groups is 1. The molecule has 0 heterocycles. The van der Waals surface area contributed by atoms with Crippen LogP contribution in [0.2, 0.25) is 5.02 Å². The molecule has 24 heavy (non-hydrogen) atoms. The Morgan fingerprint density at radius 2 is 1.62 bits per heavy atom.